The number of carboxylic acids is 1. The van der Waals surface area contributed by atoms with E-state index in [0.29, 0.717) is 43.8 Å². The van der Waals surface area contributed by atoms with Crippen LogP contribution >= 0.6 is 0 Å². The molecule has 3 atom stereocenters. The zero-order chi connectivity index (χ0) is 40.7. The van der Waals surface area contributed by atoms with Crippen LogP contribution in [0.2, 0.25) is 0 Å². The molecule has 0 aromatic heterocycles. The highest BCUT2D eigenvalue weighted by molar-refractivity contribution is 5.82. The molecule has 1 fully saturated rings. The number of allylic oxidation sites excluding steroid dienone is 3. The van der Waals surface area contributed by atoms with Crippen LogP contribution in [0.4, 0.5) is 21.9 Å². The molecule has 52 heavy (non-hydrogen) atoms. The van der Waals surface area contributed by atoms with Gasteiger partial charge in [-0.1, -0.05) is 45.9 Å². The van der Waals surface area contributed by atoms with Gasteiger partial charge < -0.3 is 25.6 Å². The molecule has 1 aliphatic rings. The van der Waals surface area contributed by atoms with Crippen molar-refractivity contribution in [1.82, 2.24) is 5.06 Å². The molecule has 294 valence electrons. The Hall–Kier alpha value is -5.06. The molecule has 17 heteroatoms. The first-order valence-electron chi connectivity index (χ1n) is 16.9. The van der Waals surface area contributed by atoms with E-state index in [2.05, 4.69) is 31.8 Å². The minimum atomic E-state index is -1.25. The molecule has 2 rings (SSSR count). The number of nitro groups is 2. The second-order valence-corrected chi connectivity index (χ2v) is 12.6. The van der Waals surface area contributed by atoms with Gasteiger partial charge in [0.25, 0.3) is 17.3 Å². The molecule has 0 bridgehead atoms. The highest BCUT2D eigenvalue weighted by Gasteiger charge is 2.30. The van der Waals surface area contributed by atoms with Crippen molar-refractivity contribution in [2.24, 2.45) is 17.6 Å². The zero-order valence-electron chi connectivity index (χ0n) is 32.0. The Bertz CT molecular complexity index is 1330. The van der Waals surface area contributed by atoms with Crippen LogP contribution in [0.25, 0.3) is 0 Å². The topological polar surface area (TPSA) is 244 Å². The Kier molecular flexibility index (Phi) is 24.4. The fraction of sp³-hybridized carbons (Fsp3) is 0.600. The van der Waals surface area contributed by atoms with Gasteiger partial charge in [-0.3, -0.25) is 34.7 Å². The number of benzene rings is 1. The summed E-state index contributed by atoms with van der Waals surface area (Å²) in [6.45, 7) is 23.2. The molecule has 1 saturated heterocycles. The summed E-state index contributed by atoms with van der Waals surface area (Å²) in [4.78, 5) is 69.3. The zero-order valence-corrected chi connectivity index (χ0v) is 32.0. The number of nitrogens with two attached hydrogens (primary N) is 1. The van der Waals surface area contributed by atoms with E-state index in [9.17, 15) is 39.4 Å². The quantitative estimate of drug-likeness (QED) is 0.0557. The number of aliphatic carboxylic acids is 1. The monoisotopic (exact) mass is 739 g/mol. The maximum atomic E-state index is 11.3. The van der Waals surface area contributed by atoms with Crippen LogP contribution in [-0.4, -0.2) is 68.8 Å². The second-order valence-electron chi connectivity index (χ2n) is 12.6. The number of carbonyl (C=O) groups excluding carboxylic acids is 3. The number of rotatable bonds is 14. The number of carbonyl (C=O) groups is 4. The molecular formula is C35H57N5O12. The van der Waals surface area contributed by atoms with Crippen LogP contribution in [0.3, 0.4) is 0 Å². The first-order valence-corrected chi connectivity index (χ1v) is 16.9. The highest BCUT2D eigenvalue weighted by atomic mass is 16.8. The second kappa shape index (κ2) is 25.8. The Labute approximate surface area is 305 Å². The number of hydroxylamine groups is 2. The van der Waals surface area contributed by atoms with Crippen LogP contribution in [-0.2, 0) is 28.7 Å². The Morgan fingerprint density at radius 1 is 0.962 bits per heavy atom. The average Bonchev–Trinajstić information content (AvgIpc) is 3.36. The molecule has 1 amide bonds. The van der Waals surface area contributed by atoms with Gasteiger partial charge in [0.1, 0.15) is 18.2 Å². The van der Waals surface area contributed by atoms with Crippen molar-refractivity contribution in [3.8, 4) is 0 Å². The predicted octanol–water partition coefficient (Wildman–Crippen LogP) is 7.30. The van der Waals surface area contributed by atoms with Crippen molar-refractivity contribution in [2.45, 2.75) is 120 Å². The lowest BCUT2D eigenvalue weighted by molar-refractivity contribution is -0.392. The van der Waals surface area contributed by atoms with Gasteiger partial charge in [0, 0.05) is 25.5 Å². The third-order valence-corrected chi connectivity index (χ3v) is 7.37. The van der Waals surface area contributed by atoms with Crippen LogP contribution < -0.4 is 11.1 Å². The lowest BCUT2D eigenvalue weighted by atomic mass is 10.1. The standard InChI is InChI=1S/C12H16N4O6.C11H17NO4.C7H14O2.C5H10/c13-7-2-1-4-8(12(17)18)14-11-9(15(19)20)5-3-6-10(11)16(21)22;1-7(2)9(4)15-11(14)16-12-8(3)5-6-10(12)13;1-5(2)6(3)9-7(4)8;1-4-5(2)3/h3,5-6,8,14H,1-2,4,7,13H2,(H,17,18);7,9H,3,5-6H2,1-2,4H3;5-6H,1-4H3;4H,1-3H3/t8-;;;/m0.../s1. The number of para-hydroxylation sites is 1. The van der Waals surface area contributed by atoms with Crippen molar-refractivity contribution >= 4 is 41.1 Å². The van der Waals surface area contributed by atoms with Crippen LogP contribution in [0.5, 0.6) is 0 Å². The number of hydrogen-bond acceptors (Lipinski definition) is 13. The first-order chi connectivity index (χ1) is 24.1. The molecule has 0 aliphatic carbocycles. The van der Waals surface area contributed by atoms with Gasteiger partial charge in [0.05, 0.1) is 15.5 Å². The minimum Gasteiger partial charge on any atom is -0.480 e. The van der Waals surface area contributed by atoms with Crippen molar-refractivity contribution < 1.29 is 48.4 Å². The van der Waals surface area contributed by atoms with Crippen molar-refractivity contribution in [3.05, 3.63) is 62.4 Å². The third-order valence-electron chi connectivity index (χ3n) is 7.37. The number of carboxylic acid groups (broad SMARTS) is 1. The normalized spacial score (nSPS) is 13.4. The third kappa shape index (κ3) is 20.6. The Morgan fingerprint density at radius 2 is 1.44 bits per heavy atom. The summed E-state index contributed by atoms with van der Waals surface area (Å²) in [5, 5.41) is 34.5. The summed E-state index contributed by atoms with van der Waals surface area (Å²) in [5.41, 5.74) is 5.70. The van der Waals surface area contributed by atoms with Crippen LogP contribution in [0.1, 0.15) is 101 Å². The fourth-order valence-corrected chi connectivity index (χ4v) is 3.43. The van der Waals surface area contributed by atoms with E-state index in [0.717, 1.165) is 17.2 Å². The highest BCUT2D eigenvalue weighted by Crippen LogP contribution is 2.34. The number of nitrogens with zero attached hydrogens (tertiary/aromatic N) is 3. The minimum absolute atomic E-state index is 0.0440. The van der Waals surface area contributed by atoms with Gasteiger partial charge in [-0.2, -0.15) is 0 Å². The van der Waals surface area contributed by atoms with E-state index < -0.39 is 45.1 Å². The first kappa shape index (κ1) is 49.1. The molecule has 1 heterocycles. The molecule has 0 spiro atoms. The number of unbranched alkanes of at least 4 members (excludes halogenated alkanes) is 1. The Morgan fingerprint density at radius 3 is 1.77 bits per heavy atom. The lowest BCUT2D eigenvalue weighted by Crippen LogP contribution is -2.30. The summed E-state index contributed by atoms with van der Waals surface area (Å²) in [6, 6.07) is 2.15. The van der Waals surface area contributed by atoms with Gasteiger partial charge in [0.2, 0.25) is 0 Å². The van der Waals surface area contributed by atoms with Gasteiger partial charge in [-0.15, -0.1) is 5.06 Å². The summed E-state index contributed by atoms with van der Waals surface area (Å²) < 4.78 is 9.85. The number of amides is 1. The number of ether oxygens (including phenoxy) is 2. The van der Waals surface area contributed by atoms with E-state index in [1.807, 2.05) is 41.5 Å². The van der Waals surface area contributed by atoms with E-state index in [1.165, 1.54) is 18.6 Å². The van der Waals surface area contributed by atoms with E-state index >= 15 is 0 Å². The largest absolute Gasteiger partial charge is 0.534 e. The van der Waals surface area contributed by atoms with Gasteiger partial charge >= 0.3 is 18.1 Å². The van der Waals surface area contributed by atoms with E-state index in [4.69, 9.17) is 25.2 Å². The number of nitro benzene ring substituents is 2. The summed E-state index contributed by atoms with van der Waals surface area (Å²) in [6.07, 6.45) is 3.07. The molecule has 1 aliphatic heterocycles. The number of nitrogens with one attached hydrogen (secondary N) is 1. The molecule has 4 N–H and O–H groups in total. The van der Waals surface area contributed by atoms with Crippen molar-refractivity contribution in [1.29, 1.82) is 0 Å². The number of esters is 1. The van der Waals surface area contributed by atoms with E-state index in [-0.39, 0.29) is 36.4 Å². The summed E-state index contributed by atoms with van der Waals surface area (Å²) in [5.74, 6) is -1.10. The van der Waals surface area contributed by atoms with Gasteiger partial charge in [0.15, 0.2) is 5.69 Å². The molecule has 0 radical (unpaired) electrons. The average molecular weight is 740 g/mol. The fourth-order valence-electron chi connectivity index (χ4n) is 3.43. The van der Waals surface area contributed by atoms with Gasteiger partial charge in [-0.25, -0.2) is 9.59 Å². The maximum Gasteiger partial charge on any atom is 0.534 e. The molecular weight excluding hydrogens is 682 g/mol. The molecule has 2 unspecified atom stereocenters. The van der Waals surface area contributed by atoms with Crippen LogP contribution in [0, 0.1) is 32.1 Å². The molecule has 17 nitrogen and oxygen atoms in total. The molecule has 1 aromatic carbocycles. The summed E-state index contributed by atoms with van der Waals surface area (Å²) >= 11 is 0. The van der Waals surface area contributed by atoms with Crippen molar-refractivity contribution in [3.63, 3.8) is 0 Å². The van der Waals surface area contributed by atoms with Gasteiger partial charge in [-0.05, 0) is 84.7 Å². The number of anilines is 1. The van der Waals surface area contributed by atoms with E-state index in [1.54, 1.807) is 6.92 Å². The molecule has 0 saturated carbocycles. The lowest BCUT2D eigenvalue weighted by Gasteiger charge is -2.19. The maximum absolute atomic E-state index is 11.3. The SMILES string of the molecule is C=C1CCC(=O)N1OC(=O)OC(C)C(C)C.CC(=O)OC(C)C(C)C.CC=C(C)C.NCCCC[C@H](Nc1c([N+](=O)[O-])cccc1[N+](=O)[O-])C(=O)O. The summed E-state index contributed by atoms with van der Waals surface area (Å²) in [7, 11) is 0. The molecule has 1 aromatic rings. The predicted molar refractivity (Wildman–Crippen MR) is 196 cm³/mol. The van der Waals surface area contributed by atoms with Crippen LogP contribution in [0.15, 0.2) is 42.1 Å². The smallest absolute Gasteiger partial charge is 0.480 e. The Balaban J connectivity index is 0. The number of hydrogen-bond donors (Lipinski definition) is 3. The van der Waals surface area contributed by atoms with Crippen molar-refractivity contribution in [2.75, 3.05) is 11.9 Å².